The summed E-state index contributed by atoms with van der Waals surface area (Å²) in [6, 6.07) is 5.98. The molecule has 1 atom stereocenters. The van der Waals surface area contributed by atoms with E-state index in [1.807, 2.05) is 13.8 Å². The van der Waals surface area contributed by atoms with E-state index in [0.717, 1.165) is 42.6 Å². The van der Waals surface area contributed by atoms with Crippen molar-refractivity contribution in [2.45, 2.75) is 52.1 Å². The van der Waals surface area contributed by atoms with Gasteiger partial charge in [0.15, 0.2) is 0 Å². The summed E-state index contributed by atoms with van der Waals surface area (Å²) in [5, 5.41) is 0. The van der Waals surface area contributed by atoms with Crippen LogP contribution < -0.4 is 10.5 Å². The van der Waals surface area contributed by atoms with Crippen molar-refractivity contribution in [3.8, 4) is 0 Å². The van der Waals surface area contributed by atoms with Crippen molar-refractivity contribution in [3.05, 3.63) is 58.0 Å². The van der Waals surface area contributed by atoms with Crippen LogP contribution in [0.25, 0.3) is 0 Å². The van der Waals surface area contributed by atoms with Gasteiger partial charge in [0.2, 0.25) is 5.91 Å². The molecule has 6 heteroatoms. The molecule has 2 aromatic rings. The normalized spacial score (nSPS) is 16.6. The van der Waals surface area contributed by atoms with Crippen LogP contribution in [0, 0.1) is 5.82 Å². The molecule has 0 spiro atoms. The predicted molar refractivity (Wildman–Crippen MR) is 94.2 cm³/mol. The molecule has 2 heterocycles. The first-order chi connectivity index (χ1) is 12.0. The number of nitrogens with zero attached hydrogens (tertiary/aromatic N) is 3. The van der Waals surface area contributed by atoms with Gasteiger partial charge in [0, 0.05) is 23.5 Å². The number of amides is 1. The minimum absolute atomic E-state index is 0.00786. The first-order valence-electron chi connectivity index (χ1n) is 8.65. The first-order valence-corrected chi connectivity index (χ1v) is 8.65. The van der Waals surface area contributed by atoms with Gasteiger partial charge in [-0.25, -0.2) is 9.37 Å². The lowest BCUT2D eigenvalue weighted by molar-refractivity contribution is -0.119. The SMILES string of the molecule is CCCc1cc(=O)n(CC(=O)N2c3ccc(F)cc3CCC2C)cn1. The van der Waals surface area contributed by atoms with Crippen LogP contribution in [0.15, 0.2) is 35.4 Å². The van der Waals surface area contributed by atoms with Crippen molar-refractivity contribution in [2.75, 3.05) is 4.90 Å². The van der Waals surface area contributed by atoms with E-state index in [0.29, 0.717) is 0 Å². The minimum atomic E-state index is -0.298. The molecule has 0 saturated heterocycles. The summed E-state index contributed by atoms with van der Waals surface area (Å²) in [5.74, 6) is -0.486. The van der Waals surface area contributed by atoms with Gasteiger partial charge < -0.3 is 4.90 Å². The molecule has 1 aliphatic heterocycles. The highest BCUT2D eigenvalue weighted by Crippen LogP contribution is 2.31. The third-order valence-electron chi connectivity index (χ3n) is 4.59. The van der Waals surface area contributed by atoms with Crippen molar-refractivity contribution in [3.63, 3.8) is 0 Å². The van der Waals surface area contributed by atoms with Gasteiger partial charge in [-0.1, -0.05) is 13.3 Å². The third-order valence-corrected chi connectivity index (χ3v) is 4.59. The highest BCUT2D eigenvalue weighted by atomic mass is 19.1. The summed E-state index contributed by atoms with van der Waals surface area (Å²) in [6.07, 6.45) is 4.60. The summed E-state index contributed by atoms with van der Waals surface area (Å²) in [6.45, 7) is 3.92. The zero-order valence-corrected chi connectivity index (χ0v) is 14.5. The van der Waals surface area contributed by atoms with Crippen molar-refractivity contribution in [2.24, 2.45) is 0 Å². The first kappa shape index (κ1) is 17.3. The lowest BCUT2D eigenvalue weighted by atomic mass is 9.96. The topological polar surface area (TPSA) is 55.2 Å². The van der Waals surface area contributed by atoms with Gasteiger partial charge in [0.25, 0.3) is 5.56 Å². The molecule has 0 radical (unpaired) electrons. The predicted octanol–water partition coefficient (Wildman–Crippen LogP) is 2.70. The highest BCUT2D eigenvalue weighted by molar-refractivity contribution is 5.95. The average Bonchev–Trinajstić information content (AvgIpc) is 2.57. The van der Waals surface area contributed by atoms with Gasteiger partial charge in [-0.3, -0.25) is 14.2 Å². The molecule has 25 heavy (non-hydrogen) atoms. The highest BCUT2D eigenvalue weighted by Gasteiger charge is 2.28. The molecule has 1 amide bonds. The second-order valence-corrected chi connectivity index (χ2v) is 6.52. The Kier molecular flexibility index (Phi) is 4.97. The van der Waals surface area contributed by atoms with Crippen LogP contribution in [0.1, 0.15) is 37.9 Å². The van der Waals surface area contributed by atoms with E-state index in [1.54, 1.807) is 11.0 Å². The van der Waals surface area contributed by atoms with E-state index in [2.05, 4.69) is 4.98 Å². The van der Waals surface area contributed by atoms with Crippen LogP contribution in [0.5, 0.6) is 0 Å². The molecule has 0 aliphatic carbocycles. The summed E-state index contributed by atoms with van der Waals surface area (Å²) >= 11 is 0. The second kappa shape index (κ2) is 7.17. The summed E-state index contributed by atoms with van der Waals surface area (Å²) in [5.41, 5.74) is 2.07. The molecule has 5 nitrogen and oxygen atoms in total. The van der Waals surface area contributed by atoms with Gasteiger partial charge in [0.05, 0.1) is 6.33 Å². The van der Waals surface area contributed by atoms with Crippen LogP contribution in [0.2, 0.25) is 0 Å². The molecule has 0 saturated carbocycles. The number of rotatable bonds is 4. The maximum absolute atomic E-state index is 13.5. The minimum Gasteiger partial charge on any atom is -0.308 e. The molecular weight excluding hydrogens is 321 g/mol. The second-order valence-electron chi connectivity index (χ2n) is 6.52. The number of aryl methyl sites for hydroxylation is 2. The summed E-state index contributed by atoms with van der Waals surface area (Å²) in [7, 11) is 0. The Balaban J connectivity index is 1.85. The van der Waals surface area contributed by atoms with E-state index in [-0.39, 0.29) is 29.9 Å². The number of aromatic nitrogens is 2. The molecule has 0 N–H and O–H groups in total. The fourth-order valence-electron chi connectivity index (χ4n) is 3.30. The van der Waals surface area contributed by atoms with Gasteiger partial charge in [-0.05, 0) is 49.9 Å². The lowest BCUT2D eigenvalue weighted by Gasteiger charge is -2.35. The largest absolute Gasteiger partial charge is 0.308 e. The molecular formula is C19H22FN3O2. The quantitative estimate of drug-likeness (QED) is 0.858. The number of fused-ring (bicyclic) bond motifs is 1. The van der Waals surface area contributed by atoms with Crippen molar-refractivity contribution >= 4 is 11.6 Å². The van der Waals surface area contributed by atoms with Crippen molar-refractivity contribution in [1.82, 2.24) is 9.55 Å². The smallest absolute Gasteiger partial charge is 0.253 e. The monoisotopic (exact) mass is 343 g/mol. The maximum Gasteiger partial charge on any atom is 0.253 e. The van der Waals surface area contributed by atoms with Gasteiger partial charge >= 0.3 is 0 Å². The molecule has 0 bridgehead atoms. The van der Waals surface area contributed by atoms with E-state index in [1.165, 1.54) is 29.1 Å². The van der Waals surface area contributed by atoms with Crippen molar-refractivity contribution < 1.29 is 9.18 Å². The molecule has 1 unspecified atom stereocenters. The van der Waals surface area contributed by atoms with E-state index < -0.39 is 0 Å². The number of carbonyl (C=O) groups excluding carboxylic acids is 1. The Labute approximate surface area is 146 Å². The Morgan fingerprint density at radius 3 is 2.88 bits per heavy atom. The summed E-state index contributed by atoms with van der Waals surface area (Å²) in [4.78, 5) is 31.0. The van der Waals surface area contributed by atoms with Crippen LogP contribution in [-0.2, 0) is 24.2 Å². The number of benzene rings is 1. The number of hydrogen-bond donors (Lipinski definition) is 0. The van der Waals surface area contributed by atoms with Crippen LogP contribution in [0.3, 0.4) is 0 Å². The fraction of sp³-hybridized carbons (Fsp3) is 0.421. The molecule has 0 fully saturated rings. The Bertz CT molecular complexity index is 847. The van der Waals surface area contributed by atoms with E-state index in [9.17, 15) is 14.0 Å². The molecule has 132 valence electrons. The molecule has 1 aromatic carbocycles. The van der Waals surface area contributed by atoms with Crippen LogP contribution >= 0.6 is 0 Å². The standard InChI is InChI=1S/C19H22FN3O2/c1-3-4-16-10-18(24)22(12-21-16)11-19(25)23-13(2)5-6-14-9-15(20)7-8-17(14)23/h7-10,12-13H,3-6,11H2,1-2H3. The van der Waals surface area contributed by atoms with E-state index >= 15 is 0 Å². The van der Waals surface area contributed by atoms with Crippen LogP contribution in [-0.4, -0.2) is 21.5 Å². The fourth-order valence-corrected chi connectivity index (χ4v) is 3.30. The molecule has 1 aromatic heterocycles. The number of halogens is 1. The Morgan fingerprint density at radius 2 is 2.16 bits per heavy atom. The van der Waals surface area contributed by atoms with Gasteiger partial charge in [0.1, 0.15) is 12.4 Å². The van der Waals surface area contributed by atoms with Crippen molar-refractivity contribution in [1.29, 1.82) is 0 Å². The van der Waals surface area contributed by atoms with Crippen LogP contribution in [0.4, 0.5) is 10.1 Å². The van der Waals surface area contributed by atoms with Gasteiger partial charge in [-0.15, -0.1) is 0 Å². The Hall–Kier alpha value is -2.50. The maximum atomic E-state index is 13.5. The lowest BCUT2D eigenvalue weighted by Crippen LogP contribution is -2.44. The number of hydrogen-bond acceptors (Lipinski definition) is 3. The number of carbonyl (C=O) groups is 1. The molecule has 1 aliphatic rings. The molecule has 3 rings (SSSR count). The zero-order valence-electron chi connectivity index (χ0n) is 14.5. The average molecular weight is 343 g/mol. The third kappa shape index (κ3) is 3.62. The Morgan fingerprint density at radius 1 is 1.36 bits per heavy atom. The zero-order chi connectivity index (χ0) is 18.0. The van der Waals surface area contributed by atoms with E-state index in [4.69, 9.17) is 0 Å². The summed E-state index contributed by atoms with van der Waals surface area (Å²) < 4.78 is 14.8. The van der Waals surface area contributed by atoms with Gasteiger partial charge in [-0.2, -0.15) is 0 Å². The number of anilines is 1.